The van der Waals surface area contributed by atoms with Crippen LogP contribution in [0.3, 0.4) is 0 Å². The Morgan fingerprint density at radius 2 is 1.94 bits per heavy atom. The topological polar surface area (TPSA) is 29.1 Å². The Kier molecular flexibility index (Phi) is 3.51. The minimum absolute atomic E-state index is 0.211. The number of carbonyl (C=O) groups excluding carboxylic acids is 1. The van der Waals surface area contributed by atoms with Crippen molar-refractivity contribution in [2.24, 2.45) is 5.41 Å². The van der Waals surface area contributed by atoms with Gasteiger partial charge in [0.25, 0.3) is 0 Å². The molecule has 0 atom stereocenters. The van der Waals surface area contributed by atoms with E-state index in [0.717, 1.165) is 17.8 Å². The van der Waals surface area contributed by atoms with E-state index in [1.54, 1.807) is 0 Å². The van der Waals surface area contributed by atoms with Gasteiger partial charge in [-0.1, -0.05) is 20.3 Å². The summed E-state index contributed by atoms with van der Waals surface area (Å²) in [4.78, 5) is 11.5. The molecule has 2 nitrogen and oxygen atoms in total. The molecule has 1 N–H and O–H groups in total. The molecule has 0 unspecified atom stereocenters. The van der Waals surface area contributed by atoms with Crippen molar-refractivity contribution in [2.75, 3.05) is 11.9 Å². The van der Waals surface area contributed by atoms with E-state index in [2.05, 4.69) is 12.2 Å². The molecule has 0 heterocycles. The fraction of sp³-hybridized carbons (Fsp3) is 0.533. The van der Waals surface area contributed by atoms with Gasteiger partial charge < -0.3 is 5.32 Å². The van der Waals surface area contributed by atoms with E-state index in [1.807, 2.05) is 31.2 Å². The predicted octanol–water partition coefficient (Wildman–Crippen LogP) is 3.88. The first-order chi connectivity index (χ1) is 8.13. The van der Waals surface area contributed by atoms with Crippen molar-refractivity contribution in [1.82, 2.24) is 0 Å². The van der Waals surface area contributed by atoms with Crippen LogP contribution in [0, 0.1) is 5.41 Å². The van der Waals surface area contributed by atoms with Crippen LogP contribution in [0.25, 0.3) is 0 Å². The Morgan fingerprint density at radius 3 is 2.41 bits per heavy atom. The first kappa shape index (κ1) is 12.2. The maximum absolute atomic E-state index is 11.5. The second-order valence-electron chi connectivity index (χ2n) is 5.37. The highest BCUT2D eigenvalue weighted by Gasteiger charge is 2.31. The molecule has 0 spiro atoms. The molecule has 1 aromatic rings. The lowest BCUT2D eigenvalue weighted by atomic mass is 9.70. The number of nitrogens with one attached hydrogen (secondary N) is 1. The van der Waals surface area contributed by atoms with Crippen LogP contribution in [0.2, 0.25) is 0 Å². The molecule has 1 aliphatic carbocycles. The SMILES string of the molecule is CCC(=O)c1ccc(NCC2(C)CCC2)cc1. The predicted molar refractivity (Wildman–Crippen MR) is 71.5 cm³/mol. The fourth-order valence-corrected chi connectivity index (χ4v) is 2.25. The highest BCUT2D eigenvalue weighted by Crippen LogP contribution is 2.40. The molecule has 1 saturated carbocycles. The minimum Gasteiger partial charge on any atom is -0.384 e. The summed E-state index contributed by atoms with van der Waals surface area (Å²) in [5, 5.41) is 3.46. The Labute approximate surface area is 103 Å². The third-order valence-electron chi connectivity index (χ3n) is 3.81. The first-order valence-electron chi connectivity index (χ1n) is 6.50. The van der Waals surface area contributed by atoms with E-state index >= 15 is 0 Å². The molecule has 1 aliphatic rings. The van der Waals surface area contributed by atoms with Crippen LogP contribution in [0.1, 0.15) is 49.9 Å². The number of hydrogen-bond acceptors (Lipinski definition) is 2. The number of carbonyl (C=O) groups is 1. The minimum atomic E-state index is 0.211. The van der Waals surface area contributed by atoms with Gasteiger partial charge in [0, 0.05) is 24.2 Å². The molecule has 0 saturated heterocycles. The van der Waals surface area contributed by atoms with Crippen LogP contribution in [-0.4, -0.2) is 12.3 Å². The maximum Gasteiger partial charge on any atom is 0.162 e. The summed E-state index contributed by atoms with van der Waals surface area (Å²) in [5.41, 5.74) is 2.41. The molecule has 1 aromatic carbocycles. The summed E-state index contributed by atoms with van der Waals surface area (Å²) >= 11 is 0. The first-order valence-corrected chi connectivity index (χ1v) is 6.50. The van der Waals surface area contributed by atoms with E-state index < -0.39 is 0 Å². The smallest absolute Gasteiger partial charge is 0.162 e. The average molecular weight is 231 g/mol. The standard InChI is InChI=1S/C15H21NO/c1-3-14(17)12-5-7-13(8-6-12)16-11-15(2)9-4-10-15/h5-8,16H,3-4,9-11H2,1-2H3. The van der Waals surface area contributed by atoms with E-state index in [-0.39, 0.29) is 5.78 Å². The highest BCUT2D eigenvalue weighted by molar-refractivity contribution is 5.96. The van der Waals surface area contributed by atoms with Crippen LogP contribution in [-0.2, 0) is 0 Å². The van der Waals surface area contributed by atoms with Gasteiger partial charge in [0.2, 0.25) is 0 Å². The number of ketones is 1. The molecule has 1 fully saturated rings. The zero-order valence-electron chi connectivity index (χ0n) is 10.8. The third-order valence-corrected chi connectivity index (χ3v) is 3.81. The van der Waals surface area contributed by atoms with Gasteiger partial charge in [0.05, 0.1) is 0 Å². The van der Waals surface area contributed by atoms with Crippen LogP contribution < -0.4 is 5.32 Å². The lowest BCUT2D eigenvalue weighted by molar-refractivity contribution is 0.0988. The van der Waals surface area contributed by atoms with Crippen molar-refractivity contribution < 1.29 is 4.79 Å². The van der Waals surface area contributed by atoms with Crippen molar-refractivity contribution in [2.45, 2.75) is 39.5 Å². The van der Waals surface area contributed by atoms with Gasteiger partial charge in [-0.25, -0.2) is 0 Å². The quantitative estimate of drug-likeness (QED) is 0.779. The molecule has 2 rings (SSSR count). The van der Waals surface area contributed by atoms with E-state index in [4.69, 9.17) is 0 Å². The summed E-state index contributed by atoms with van der Waals surface area (Å²) in [5.74, 6) is 0.211. The number of anilines is 1. The van der Waals surface area contributed by atoms with Gasteiger partial charge in [-0.05, 0) is 42.5 Å². The Balaban J connectivity index is 1.91. The van der Waals surface area contributed by atoms with E-state index in [0.29, 0.717) is 11.8 Å². The molecule has 0 bridgehead atoms. The molecule has 92 valence electrons. The summed E-state index contributed by atoms with van der Waals surface area (Å²) in [7, 11) is 0. The summed E-state index contributed by atoms with van der Waals surface area (Å²) in [6.45, 7) is 5.26. The highest BCUT2D eigenvalue weighted by atomic mass is 16.1. The normalized spacial score (nSPS) is 17.3. The molecular weight excluding hydrogens is 210 g/mol. The largest absolute Gasteiger partial charge is 0.384 e. The zero-order valence-corrected chi connectivity index (χ0v) is 10.8. The lowest BCUT2D eigenvalue weighted by Gasteiger charge is -2.38. The lowest BCUT2D eigenvalue weighted by Crippen LogP contribution is -2.33. The molecule has 0 aromatic heterocycles. The van der Waals surface area contributed by atoms with Gasteiger partial charge >= 0.3 is 0 Å². The summed E-state index contributed by atoms with van der Waals surface area (Å²) in [6.07, 6.45) is 4.59. The molecule has 0 radical (unpaired) electrons. The molecule has 17 heavy (non-hydrogen) atoms. The maximum atomic E-state index is 11.5. The number of rotatable bonds is 5. The number of Topliss-reactive ketones (excluding diaryl/α,β-unsaturated/α-hetero) is 1. The van der Waals surface area contributed by atoms with Gasteiger partial charge in [-0.3, -0.25) is 4.79 Å². The van der Waals surface area contributed by atoms with Crippen molar-refractivity contribution in [1.29, 1.82) is 0 Å². The number of hydrogen-bond donors (Lipinski definition) is 1. The van der Waals surface area contributed by atoms with Crippen LogP contribution in [0.15, 0.2) is 24.3 Å². The van der Waals surface area contributed by atoms with Gasteiger partial charge in [-0.2, -0.15) is 0 Å². The second-order valence-corrected chi connectivity index (χ2v) is 5.37. The second kappa shape index (κ2) is 4.91. The molecule has 2 heteroatoms. The molecular formula is C15H21NO. The summed E-state index contributed by atoms with van der Waals surface area (Å²) in [6, 6.07) is 7.84. The summed E-state index contributed by atoms with van der Waals surface area (Å²) < 4.78 is 0. The van der Waals surface area contributed by atoms with Crippen molar-refractivity contribution >= 4 is 11.5 Å². The van der Waals surface area contributed by atoms with Gasteiger partial charge in [-0.15, -0.1) is 0 Å². The fourth-order valence-electron chi connectivity index (χ4n) is 2.25. The van der Waals surface area contributed by atoms with E-state index in [9.17, 15) is 4.79 Å². The molecule has 0 aliphatic heterocycles. The average Bonchev–Trinajstić information content (AvgIpc) is 2.33. The third kappa shape index (κ3) is 2.87. The van der Waals surface area contributed by atoms with Crippen molar-refractivity contribution in [3.8, 4) is 0 Å². The zero-order chi connectivity index (χ0) is 12.3. The van der Waals surface area contributed by atoms with Crippen molar-refractivity contribution in [3.05, 3.63) is 29.8 Å². The van der Waals surface area contributed by atoms with E-state index in [1.165, 1.54) is 19.3 Å². The van der Waals surface area contributed by atoms with Crippen LogP contribution in [0.5, 0.6) is 0 Å². The Hall–Kier alpha value is -1.31. The van der Waals surface area contributed by atoms with Crippen molar-refractivity contribution in [3.63, 3.8) is 0 Å². The van der Waals surface area contributed by atoms with Crippen LogP contribution >= 0.6 is 0 Å². The Bertz CT molecular complexity index is 390. The molecule has 0 amide bonds. The van der Waals surface area contributed by atoms with Gasteiger partial charge in [0.1, 0.15) is 0 Å². The number of benzene rings is 1. The Morgan fingerprint density at radius 1 is 1.29 bits per heavy atom. The monoisotopic (exact) mass is 231 g/mol. The van der Waals surface area contributed by atoms with Gasteiger partial charge in [0.15, 0.2) is 5.78 Å². The van der Waals surface area contributed by atoms with Crippen LogP contribution in [0.4, 0.5) is 5.69 Å².